The molecule has 0 aliphatic heterocycles. The van der Waals surface area contributed by atoms with Crippen LogP contribution in [0.3, 0.4) is 0 Å². The molecule has 3 rings (SSSR count). The number of nitrogens with zero attached hydrogens (tertiary/aromatic N) is 1. The normalized spacial score (nSPS) is 11.0. The molecular weight excluding hydrogens is 370 g/mol. The van der Waals surface area contributed by atoms with Crippen molar-refractivity contribution in [2.24, 2.45) is 4.99 Å². The van der Waals surface area contributed by atoms with Gasteiger partial charge in [-0.25, -0.2) is 0 Å². The molecule has 28 heavy (non-hydrogen) atoms. The second-order valence-corrected chi connectivity index (χ2v) is 7.04. The molecule has 0 N–H and O–H groups in total. The van der Waals surface area contributed by atoms with Crippen molar-refractivity contribution in [3.05, 3.63) is 87.9 Å². The summed E-state index contributed by atoms with van der Waals surface area (Å²) in [5.41, 5.74) is 5.32. The molecule has 0 saturated heterocycles. The van der Waals surface area contributed by atoms with Crippen molar-refractivity contribution in [3.63, 3.8) is 0 Å². The smallest absolute Gasteiger partial charge is 0.161 e. The van der Waals surface area contributed by atoms with Gasteiger partial charge in [0.1, 0.15) is 6.61 Å². The molecule has 4 heteroatoms. The van der Waals surface area contributed by atoms with Gasteiger partial charge in [-0.05, 0) is 73.9 Å². The fraction of sp³-hybridized carbons (Fsp3) is 0.208. The van der Waals surface area contributed by atoms with Gasteiger partial charge in [0.2, 0.25) is 0 Å². The Morgan fingerprint density at radius 2 is 1.79 bits per heavy atom. The van der Waals surface area contributed by atoms with Crippen LogP contribution in [0.1, 0.15) is 29.2 Å². The summed E-state index contributed by atoms with van der Waals surface area (Å²) >= 11 is 6.04. The standard InChI is InChI=1S/C24H24ClNO2/c1-4-27-24-14-19(15-26-22-10-8-17(2)12-18(22)3)9-11-23(24)28-16-20-6-5-7-21(25)13-20/h5-15H,4,16H2,1-3H3. The first-order valence-electron chi connectivity index (χ1n) is 9.30. The van der Waals surface area contributed by atoms with Crippen LogP contribution in [0, 0.1) is 13.8 Å². The first-order valence-corrected chi connectivity index (χ1v) is 9.68. The van der Waals surface area contributed by atoms with E-state index in [1.165, 1.54) is 5.56 Å². The largest absolute Gasteiger partial charge is 0.490 e. The second-order valence-electron chi connectivity index (χ2n) is 6.61. The predicted octanol–water partition coefficient (Wildman–Crippen LogP) is 6.69. The van der Waals surface area contributed by atoms with Gasteiger partial charge in [0.15, 0.2) is 11.5 Å². The summed E-state index contributed by atoms with van der Waals surface area (Å²) in [7, 11) is 0. The quantitative estimate of drug-likeness (QED) is 0.419. The monoisotopic (exact) mass is 393 g/mol. The molecule has 3 nitrogen and oxygen atoms in total. The van der Waals surface area contributed by atoms with Gasteiger partial charge in [0, 0.05) is 11.2 Å². The molecule has 0 unspecified atom stereocenters. The van der Waals surface area contributed by atoms with E-state index in [1.54, 1.807) is 0 Å². The van der Waals surface area contributed by atoms with Gasteiger partial charge in [-0.1, -0.05) is 41.4 Å². The first kappa shape index (κ1) is 20.0. The summed E-state index contributed by atoms with van der Waals surface area (Å²) < 4.78 is 11.7. The Hall–Kier alpha value is -2.78. The maximum atomic E-state index is 6.04. The van der Waals surface area contributed by atoms with Crippen LogP contribution in [-0.4, -0.2) is 12.8 Å². The van der Waals surface area contributed by atoms with E-state index in [-0.39, 0.29) is 0 Å². The molecule has 0 amide bonds. The molecule has 0 fully saturated rings. The van der Waals surface area contributed by atoms with E-state index in [1.807, 2.05) is 61.7 Å². The number of halogens is 1. The van der Waals surface area contributed by atoms with Crippen molar-refractivity contribution < 1.29 is 9.47 Å². The molecular formula is C24H24ClNO2. The van der Waals surface area contributed by atoms with Crippen LogP contribution in [0.2, 0.25) is 5.02 Å². The van der Waals surface area contributed by atoms with Crippen molar-refractivity contribution >= 4 is 23.5 Å². The van der Waals surface area contributed by atoms with Gasteiger partial charge in [-0.3, -0.25) is 4.99 Å². The molecule has 0 aromatic heterocycles. The van der Waals surface area contributed by atoms with Crippen molar-refractivity contribution in [1.82, 2.24) is 0 Å². The molecule has 0 radical (unpaired) electrons. The van der Waals surface area contributed by atoms with Gasteiger partial charge < -0.3 is 9.47 Å². The molecule has 0 atom stereocenters. The number of benzene rings is 3. The lowest BCUT2D eigenvalue weighted by Gasteiger charge is -2.13. The van der Waals surface area contributed by atoms with E-state index in [9.17, 15) is 0 Å². The molecule has 0 bridgehead atoms. The van der Waals surface area contributed by atoms with E-state index in [0.29, 0.717) is 29.7 Å². The molecule has 0 saturated carbocycles. The zero-order chi connectivity index (χ0) is 19.9. The number of ether oxygens (including phenoxy) is 2. The molecule has 0 aliphatic carbocycles. The van der Waals surface area contributed by atoms with Gasteiger partial charge in [-0.15, -0.1) is 0 Å². The number of rotatable bonds is 7. The Balaban J connectivity index is 1.77. The highest BCUT2D eigenvalue weighted by Gasteiger charge is 2.07. The summed E-state index contributed by atoms with van der Waals surface area (Å²) in [4.78, 5) is 4.62. The van der Waals surface area contributed by atoms with Gasteiger partial charge >= 0.3 is 0 Å². The maximum absolute atomic E-state index is 6.04. The Morgan fingerprint density at radius 3 is 2.54 bits per heavy atom. The van der Waals surface area contributed by atoms with Crippen LogP contribution in [-0.2, 0) is 6.61 Å². The number of aliphatic imine (C=N–C) groups is 1. The SMILES string of the molecule is CCOc1cc(C=Nc2ccc(C)cc2C)ccc1OCc1cccc(Cl)c1. The molecule has 144 valence electrons. The minimum atomic E-state index is 0.427. The summed E-state index contributed by atoms with van der Waals surface area (Å²) in [6.45, 7) is 7.09. The average molecular weight is 394 g/mol. The molecule has 0 heterocycles. The first-order chi connectivity index (χ1) is 13.5. The Kier molecular flexibility index (Phi) is 6.72. The van der Waals surface area contributed by atoms with Gasteiger partial charge in [0.05, 0.1) is 12.3 Å². The molecule has 0 aliphatic rings. The van der Waals surface area contributed by atoms with Crippen molar-refractivity contribution in [1.29, 1.82) is 0 Å². The predicted molar refractivity (Wildman–Crippen MR) is 117 cm³/mol. The van der Waals surface area contributed by atoms with E-state index in [2.05, 4.69) is 31.0 Å². The average Bonchev–Trinajstić information content (AvgIpc) is 2.67. The fourth-order valence-electron chi connectivity index (χ4n) is 2.87. The van der Waals surface area contributed by atoms with Crippen LogP contribution < -0.4 is 9.47 Å². The van der Waals surface area contributed by atoms with Crippen molar-refractivity contribution in [2.45, 2.75) is 27.4 Å². The molecule has 3 aromatic carbocycles. The summed E-state index contributed by atoms with van der Waals surface area (Å²) in [5.74, 6) is 1.40. The lowest BCUT2D eigenvalue weighted by Crippen LogP contribution is -2.00. The van der Waals surface area contributed by atoms with E-state index >= 15 is 0 Å². The van der Waals surface area contributed by atoms with Crippen LogP contribution in [0.25, 0.3) is 0 Å². The van der Waals surface area contributed by atoms with Crippen LogP contribution in [0.15, 0.2) is 65.7 Å². The molecule has 3 aromatic rings. The van der Waals surface area contributed by atoms with E-state index in [0.717, 1.165) is 22.4 Å². The summed E-state index contributed by atoms with van der Waals surface area (Å²) in [5, 5.41) is 0.698. The number of hydrogen-bond donors (Lipinski definition) is 0. The van der Waals surface area contributed by atoms with Gasteiger partial charge in [-0.2, -0.15) is 0 Å². The number of hydrogen-bond acceptors (Lipinski definition) is 3. The highest BCUT2D eigenvalue weighted by Crippen LogP contribution is 2.29. The molecule has 0 spiro atoms. The third-order valence-corrected chi connectivity index (χ3v) is 4.49. The zero-order valence-electron chi connectivity index (χ0n) is 16.4. The van der Waals surface area contributed by atoms with Gasteiger partial charge in [0.25, 0.3) is 0 Å². The van der Waals surface area contributed by atoms with Crippen LogP contribution in [0.5, 0.6) is 11.5 Å². The highest BCUT2D eigenvalue weighted by atomic mass is 35.5. The lowest BCUT2D eigenvalue weighted by molar-refractivity contribution is 0.269. The van der Waals surface area contributed by atoms with Crippen molar-refractivity contribution in [3.8, 4) is 11.5 Å². The van der Waals surface area contributed by atoms with E-state index in [4.69, 9.17) is 21.1 Å². The topological polar surface area (TPSA) is 30.8 Å². The van der Waals surface area contributed by atoms with E-state index < -0.39 is 0 Å². The third kappa shape index (κ3) is 5.37. The second kappa shape index (κ2) is 9.43. The Morgan fingerprint density at radius 1 is 0.929 bits per heavy atom. The third-order valence-electron chi connectivity index (χ3n) is 4.26. The maximum Gasteiger partial charge on any atom is 0.161 e. The lowest BCUT2D eigenvalue weighted by atomic mass is 10.1. The summed E-state index contributed by atoms with van der Waals surface area (Å²) in [6, 6.07) is 19.7. The highest BCUT2D eigenvalue weighted by molar-refractivity contribution is 6.30. The fourth-order valence-corrected chi connectivity index (χ4v) is 3.09. The number of aryl methyl sites for hydroxylation is 2. The van der Waals surface area contributed by atoms with Crippen LogP contribution in [0.4, 0.5) is 5.69 Å². The summed E-state index contributed by atoms with van der Waals surface area (Å²) in [6.07, 6.45) is 1.85. The van der Waals surface area contributed by atoms with Crippen LogP contribution >= 0.6 is 11.6 Å². The minimum Gasteiger partial charge on any atom is -0.490 e. The Bertz CT molecular complexity index is 982. The Labute approximate surface area is 171 Å². The minimum absolute atomic E-state index is 0.427. The zero-order valence-corrected chi connectivity index (χ0v) is 17.2. The van der Waals surface area contributed by atoms with Crippen molar-refractivity contribution in [2.75, 3.05) is 6.61 Å².